The van der Waals surface area contributed by atoms with Gasteiger partial charge in [0, 0.05) is 30.1 Å². The van der Waals surface area contributed by atoms with E-state index < -0.39 is 12.1 Å². The molecule has 3 heterocycles. The minimum Gasteiger partial charge on any atom is -0.469 e. The van der Waals surface area contributed by atoms with Crippen molar-refractivity contribution in [2.24, 2.45) is 0 Å². The number of ether oxygens (including phenoxy) is 2. The first-order chi connectivity index (χ1) is 16.9. The number of hydrogen-bond donors (Lipinski definition) is 0. The van der Waals surface area contributed by atoms with Crippen LogP contribution in [-0.4, -0.2) is 44.0 Å². The van der Waals surface area contributed by atoms with E-state index in [0.29, 0.717) is 23.4 Å². The van der Waals surface area contributed by atoms with Gasteiger partial charge in [0.15, 0.2) is 6.10 Å². The van der Waals surface area contributed by atoms with E-state index in [9.17, 15) is 9.59 Å². The summed E-state index contributed by atoms with van der Waals surface area (Å²) in [6, 6.07) is 10.5. The highest BCUT2D eigenvalue weighted by Crippen LogP contribution is 2.23. The van der Waals surface area contributed by atoms with Gasteiger partial charge < -0.3 is 14.0 Å². The maximum Gasteiger partial charge on any atom is 0.338 e. The Balaban J connectivity index is 1.43. The Labute approximate surface area is 201 Å². The third-order valence-electron chi connectivity index (χ3n) is 5.59. The van der Waals surface area contributed by atoms with Gasteiger partial charge in [0.25, 0.3) is 5.89 Å². The molecule has 180 valence electrons. The van der Waals surface area contributed by atoms with Crippen molar-refractivity contribution in [1.82, 2.24) is 24.9 Å². The third kappa shape index (κ3) is 5.26. The Morgan fingerprint density at radius 3 is 2.60 bits per heavy atom. The maximum atomic E-state index is 12.7. The number of esters is 2. The van der Waals surface area contributed by atoms with E-state index in [2.05, 4.69) is 20.2 Å². The summed E-state index contributed by atoms with van der Waals surface area (Å²) in [7, 11) is 1.38. The number of benzene rings is 1. The molecule has 35 heavy (non-hydrogen) atoms. The number of carbonyl (C=O) groups excluding carboxylic acids is 2. The number of aromatic nitrogens is 5. The van der Waals surface area contributed by atoms with Crippen molar-refractivity contribution in [3.63, 3.8) is 0 Å². The maximum absolute atomic E-state index is 12.7. The summed E-state index contributed by atoms with van der Waals surface area (Å²) in [4.78, 5) is 32.5. The molecule has 0 aliphatic rings. The standard InChI is InChI=1S/C25H25N5O5/c1-15-21(11-12-22(31)33-4)16(2)30(28-15)20-9-7-18(8-10-20)25(32)34-17(3)24-27-23(29-35-24)19-6-5-13-26-14-19/h5-10,13-14,17H,11-12H2,1-4H3. The highest BCUT2D eigenvalue weighted by molar-refractivity contribution is 5.89. The number of nitrogens with zero attached hydrogens (tertiary/aromatic N) is 5. The van der Waals surface area contributed by atoms with Gasteiger partial charge in [-0.05, 0) is 69.2 Å². The molecule has 0 spiro atoms. The molecule has 0 aliphatic carbocycles. The molecule has 1 unspecified atom stereocenters. The van der Waals surface area contributed by atoms with Crippen LogP contribution in [0.4, 0.5) is 0 Å². The zero-order valence-corrected chi connectivity index (χ0v) is 19.9. The monoisotopic (exact) mass is 475 g/mol. The van der Waals surface area contributed by atoms with Gasteiger partial charge in [-0.3, -0.25) is 9.78 Å². The van der Waals surface area contributed by atoms with Crippen molar-refractivity contribution in [2.75, 3.05) is 7.11 Å². The van der Waals surface area contributed by atoms with E-state index >= 15 is 0 Å². The molecule has 1 atom stereocenters. The van der Waals surface area contributed by atoms with Crippen LogP contribution in [0.25, 0.3) is 17.1 Å². The van der Waals surface area contributed by atoms with Gasteiger partial charge in [-0.1, -0.05) is 5.16 Å². The van der Waals surface area contributed by atoms with Crippen molar-refractivity contribution in [3.8, 4) is 17.1 Å². The molecule has 4 rings (SSSR count). The largest absolute Gasteiger partial charge is 0.469 e. The molecule has 0 bridgehead atoms. The zero-order chi connectivity index (χ0) is 24.9. The second-order valence-corrected chi connectivity index (χ2v) is 7.93. The summed E-state index contributed by atoms with van der Waals surface area (Å²) >= 11 is 0. The molecule has 0 saturated carbocycles. The van der Waals surface area contributed by atoms with E-state index in [-0.39, 0.29) is 18.3 Å². The molecule has 0 N–H and O–H groups in total. The van der Waals surface area contributed by atoms with E-state index in [1.807, 2.05) is 19.9 Å². The first kappa shape index (κ1) is 23.8. The predicted molar refractivity (Wildman–Crippen MR) is 125 cm³/mol. The lowest BCUT2D eigenvalue weighted by Crippen LogP contribution is -2.10. The second-order valence-electron chi connectivity index (χ2n) is 7.93. The fourth-order valence-corrected chi connectivity index (χ4v) is 3.65. The molecular weight excluding hydrogens is 450 g/mol. The van der Waals surface area contributed by atoms with Gasteiger partial charge in [-0.2, -0.15) is 10.1 Å². The Morgan fingerprint density at radius 2 is 1.91 bits per heavy atom. The zero-order valence-electron chi connectivity index (χ0n) is 19.9. The number of methoxy groups -OCH3 is 1. The summed E-state index contributed by atoms with van der Waals surface area (Å²) in [5.41, 5.74) is 4.63. The van der Waals surface area contributed by atoms with Crippen LogP contribution in [0.15, 0.2) is 53.3 Å². The SMILES string of the molecule is COC(=O)CCc1c(C)nn(-c2ccc(C(=O)OC(C)c3nc(-c4cccnc4)no3)cc2)c1C. The molecule has 0 amide bonds. The molecular formula is C25H25N5O5. The Hall–Kier alpha value is -4.34. The second kappa shape index (κ2) is 10.3. The van der Waals surface area contributed by atoms with Gasteiger partial charge in [0.1, 0.15) is 0 Å². The molecule has 4 aromatic rings. The average Bonchev–Trinajstić information content (AvgIpc) is 3.48. The highest BCUT2D eigenvalue weighted by Gasteiger charge is 2.21. The Kier molecular flexibility index (Phi) is 7.00. The Morgan fingerprint density at radius 1 is 1.14 bits per heavy atom. The fourth-order valence-electron chi connectivity index (χ4n) is 3.65. The topological polar surface area (TPSA) is 122 Å². The molecule has 1 aromatic carbocycles. The van der Waals surface area contributed by atoms with Gasteiger partial charge >= 0.3 is 11.9 Å². The van der Waals surface area contributed by atoms with Crippen LogP contribution >= 0.6 is 0 Å². The molecule has 3 aromatic heterocycles. The summed E-state index contributed by atoms with van der Waals surface area (Å²) in [6.07, 6.45) is 3.38. The lowest BCUT2D eigenvalue weighted by molar-refractivity contribution is -0.140. The van der Waals surface area contributed by atoms with E-state index in [0.717, 1.165) is 22.6 Å². The van der Waals surface area contributed by atoms with Crippen LogP contribution in [-0.2, 0) is 20.7 Å². The van der Waals surface area contributed by atoms with Crippen molar-refractivity contribution in [1.29, 1.82) is 0 Å². The quantitative estimate of drug-likeness (QED) is 0.348. The van der Waals surface area contributed by atoms with Crippen molar-refractivity contribution in [3.05, 3.63) is 77.2 Å². The lowest BCUT2D eigenvalue weighted by atomic mass is 10.1. The minimum absolute atomic E-state index is 0.191. The number of hydrogen-bond acceptors (Lipinski definition) is 9. The molecule has 0 aliphatic heterocycles. The van der Waals surface area contributed by atoms with Crippen LogP contribution in [0, 0.1) is 13.8 Å². The van der Waals surface area contributed by atoms with Crippen molar-refractivity contribution in [2.45, 2.75) is 39.7 Å². The smallest absolute Gasteiger partial charge is 0.338 e. The van der Waals surface area contributed by atoms with E-state index in [1.54, 1.807) is 54.3 Å². The average molecular weight is 476 g/mol. The van der Waals surface area contributed by atoms with Crippen molar-refractivity contribution < 1.29 is 23.6 Å². The van der Waals surface area contributed by atoms with E-state index in [4.69, 9.17) is 14.0 Å². The van der Waals surface area contributed by atoms with Gasteiger partial charge in [-0.15, -0.1) is 0 Å². The number of carbonyl (C=O) groups is 2. The van der Waals surface area contributed by atoms with Crippen LogP contribution < -0.4 is 0 Å². The minimum atomic E-state index is -0.728. The number of rotatable bonds is 8. The van der Waals surface area contributed by atoms with Gasteiger partial charge in [-0.25, -0.2) is 9.48 Å². The molecule has 0 fully saturated rings. The predicted octanol–water partition coefficient (Wildman–Crippen LogP) is 3.96. The fraction of sp³-hybridized carbons (Fsp3) is 0.280. The number of aryl methyl sites for hydroxylation is 1. The Bertz CT molecular complexity index is 1330. The lowest BCUT2D eigenvalue weighted by Gasteiger charge is -2.10. The number of pyridine rings is 1. The summed E-state index contributed by atoms with van der Waals surface area (Å²) < 4.78 is 17.3. The molecule has 0 radical (unpaired) electrons. The first-order valence-corrected chi connectivity index (χ1v) is 11.0. The summed E-state index contributed by atoms with van der Waals surface area (Å²) in [5.74, 6) is -0.216. The summed E-state index contributed by atoms with van der Waals surface area (Å²) in [6.45, 7) is 5.51. The molecule has 10 nitrogen and oxygen atoms in total. The summed E-state index contributed by atoms with van der Waals surface area (Å²) in [5, 5.41) is 8.52. The van der Waals surface area contributed by atoms with Crippen molar-refractivity contribution >= 4 is 11.9 Å². The molecule has 0 saturated heterocycles. The first-order valence-electron chi connectivity index (χ1n) is 11.0. The van der Waals surface area contributed by atoms with Crippen LogP contribution in [0.1, 0.15) is 52.6 Å². The van der Waals surface area contributed by atoms with Crippen LogP contribution in [0.5, 0.6) is 0 Å². The normalized spacial score (nSPS) is 11.8. The highest BCUT2D eigenvalue weighted by atomic mass is 16.6. The van der Waals surface area contributed by atoms with Gasteiger partial charge in [0.2, 0.25) is 5.82 Å². The van der Waals surface area contributed by atoms with Crippen LogP contribution in [0.2, 0.25) is 0 Å². The molecule has 10 heteroatoms. The van der Waals surface area contributed by atoms with E-state index in [1.165, 1.54) is 7.11 Å². The van der Waals surface area contributed by atoms with Gasteiger partial charge in [0.05, 0.1) is 24.1 Å². The third-order valence-corrected chi connectivity index (χ3v) is 5.59. The van der Waals surface area contributed by atoms with Crippen LogP contribution in [0.3, 0.4) is 0 Å².